The lowest BCUT2D eigenvalue weighted by molar-refractivity contribution is 0.442. The molecule has 0 amide bonds. The van der Waals surface area contributed by atoms with Gasteiger partial charge < -0.3 is 5.32 Å². The van der Waals surface area contributed by atoms with Gasteiger partial charge in [0.2, 0.25) is 0 Å². The molecule has 0 aromatic carbocycles. The molecule has 2 rings (SSSR count). The second-order valence-corrected chi connectivity index (χ2v) is 5.92. The van der Waals surface area contributed by atoms with Crippen LogP contribution in [0.2, 0.25) is 0 Å². The zero-order chi connectivity index (χ0) is 12.1. The van der Waals surface area contributed by atoms with Gasteiger partial charge in [0.05, 0.1) is 12.6 Å². The standard InChI is InChI=1S/C11H21N5S/c1-3-17-7-6-9(2)16-11(13-14-15-16)8-12-10-4-5-10/h9-10,12H,3-8H2,1-2H3. The van der Waals surface area contributed by atoms with Crippen molar-refractivity contribution in [2.45, 2.75) is 51.7 Å². The average Bonchev–Trinajstić information content (AvgIpc) is 3.04. The summed E-state index contributed by atoms with van der Waals surface area (Å²) in [6.45, 7) is 5.17. The van der Waals surface area contributed by atoms with E-state index >= 15 is 0 Å². The maximum absolute atomic E-state index is 4.10. The third-order valence-corrected chi connectivity index (χ3v) is 3.92. The fourth-order valence-electron chi connectivity index (χ4n) is 1.71. The van der Waals surface area contributed by atoms with Crippen LogP contribution in [-0.2, 0) is 6.54 Å². The van der Waals surface area contributed by atoms with Gasteiger partial charge >= 0.3 is 0 Å². The van der Waals surface area contributed by atoms with Crippen molar-refractivity contribution in [1.29, 1.82) is 0 Å². The molecule has 1 unspecified atom stereocenters. The zero-order valence-corrected chi connectivity index (χ0v) is 11.4. The van der Waals surface area contributed by atoms with Gasteiger partial charge in [-0.1, -0.05) is 6.92 Å². The molecule has 5 nitrogen and oxygen atoms in total. The van der Waals surface area contributed by atoms with E-state index in [0.29, 0.717) is 12.1 Å². The van der Waals surface area contributed by atoms with E-state index < -0.39 is 0 Å². The Bertz CT molecular complexity index is 336. The zero-order valence-electron chi connectivity index (χ0n) is 10.6. The molecule has 0 saturated heterocycles. The minimum absolute atomic E-state index is 0.389. The number of hydrogen-bond donors (Lipinski definition) is 1. The van der Waals surface area contributed by atoms with Crippen LogP contribution in [0.3, 0.4) is 0 Å². The fourth-order valence-corrected chi connectivity index (χ4v) is 2.51. The summed E-state index contributed by atoms with van der Waals surface area (Å²) < 4.78 is 1.96. The van der Waals surface area contributed by atoms with Crippen molar-refractivity contribution >= 4 is 11.8 Å². The SMILES string of the molecule is CCSCCC(C)n1nnnc1CNC1CC1. The summed E-state index contributed by atoms with van der Waals surface area (Å²) in [7, 11) is 0. The lowest BCUT2D eigenvalue weighted by Gasteiger charge is -2.13. The summed E-state index contributed by atoms with van der Waals surface area (Å²) in [6, 6.07) is 1.09. The molecule has 96 valence electrons. The van der Waals surface area contributed by atoms with Crippen molar-refractivity contribution in [2.75, 3.05) is 11.5 Å². The van der Waals surface area contributed by atoms with E-state index in [1.54, 1.807) is 0 Å². The second-order valence-electron chi connectivity index (χ2n) is 4.53. The Balaban J connectivity index is 1.82. The summed E-state index contributed by atoms with van der Waals surface area (Å²) in [5.41, 5.74) is 0. The molecule has 6 heteroatoms. The van der Waals surface area contributed by atoms with E-state index in [0.717, 1.165) is 18.8 Å². The molecule has 0 radical (unpaired) electrons. The van der Waals surface area contributed by atoms with Crippen LogP contribution in [0.5, 0.6) is 0 Å². The Labute approximate surface area is 107 Å². The number of aromatic nitrogens is 4. The number of thioether (sulfide) groups is 1. The molecular weight excluding hydrogens is 234 g/mol. The largest absolute Gasteiger partial charge is 0.307 e. The molecule has 0 spiro atoms. The molecule has 1 saturated carbocycles. The number of nitrogens with zero attached hydrogens (tertiary/aromatic N) is 4. The van der Waals surface area contributed by atoms with Crippen LogP contribution in [0.25, 0.3) is 0 Å². The van der Waals surface area contributed by atoms with Gasteiger partial charge in [-0.3, -0.25) is 0 Å². The molecule has 1 aliphatic rings. The van der Waals surface area contributed by atoms with Gasteiger partial charge in [0, 0.05) is 6.04 Å². The maximum Gasteiger partial charge on any atom is 0.165 e. The van der Waals surface area contributed by atoms with E-state index in [9.17, 15) is 0 Å². The fraction of sp³-hybridized carbons (Fsp3) is 0.909. The van der Waals surface area contributed by atoms with Gasteiger partial charge in [-0.2, -0.15) is 11.8 Å². The molecule has 1 heterocycles. The van der Waals surface area contributed by atoms with E-state index in [-0.39, 0.29) is 0 Å². The Kier molecular flexibility index (Phi) is 4.79. The lowest BCUT2D eigenvalue weighted by atomic mass is 10.2. The normalized spacial score (nSPS) is 17.3. The minimum Gasteiger partial charge on any atom is -0.307 e. The molecule has 0 bridgehead atoms. The number of nitrogens with one attached hydrogen (secondary N) is 1. The van der Waals surface area contributed by atoms with E-state index in [1.165, 1.54) is 24.3 Å². The Morgan fingerprint density at radius 2 is 2.35 bits per heavy atom. The monoisotopic (exact) mass is 255 g/mol. The number of hydrogen-bond acceptors (Lipinski definition) is 5. The Hall–Kier alpha value is -0.620. The summed E-state index contributed by atoms with van der Waals surface area (Å²) >= 11 is 1.97. The molecule has 1 atom stereocenters. The quantitative estimate of drug-likeness (QED) is 0.716. The van der Waals surface area contributed by atoms with Crippen LogP contribution in [0.4, 0.5) is 0 Å². The summed E-state index contributed by atoms with van der Waals surface area (Å²) in [5.74, 6) is 3.32. The van der Waals surface area contributed by atoms with Crippen LogP contribution >= 0.6 is 11.8 Å². The predicted octanol–water partition coefficient (Wildman–Crippen LogP) is 1.63. The summed E-state index contributed by atoms with van der Waals surface area (Å²) in [4.78, 5) is 0. The number of rotatable bonds is 8. The highest BCUT2D eigenvalue weighted by Crippen LogP contribution is 2.19. The van der Waals surface area contributed by atoms with Gasteiger partial charge in [0.1, 0.15) is 0 Å². The first-order chi connectivity index (χ1) is 8.31. The molecule has 1 aliphatic carbocycles. The molecule has 1 aromatic heterocycles. The highest BCUT2D eigenvalue weighted by molar-refractivity contribution is 7.99. The Morgan fingerprint density at radius 3 is 3.06 bits per heavy atom. The van der Waals surface area contributed by atoms with E-state index in [2.05, 4.69) is 34.7 Å². The first-order valence-electron chi connectivity index (χ1n) is 6.39. The molecular formula is C11H21N5S. The van der Waals surface area contributed by atoms with E-state index in [1.807, 2.05) is 16.4 Å². The third-order valence-electron chi connectivity index (χ3n) is 2.99. The van der Waals surface area contributed by atoms with Gasteiger partial charge in [-0.15, -0.1) is 5.10 Å². The van der Waals surface area contributed by atoms with Crippen molar-refractivity contribution in [3.8, 4) is 0 Å². The molecule has 17 heavy (non-hydrogen) atoms. The van der Waals surface area contributed by atoms with E-state index in [4.69, 9.17) is 0 Å². The third kappa shape index (κ3) is 3.96. The van der Waals surface area contributed by atoms with Crippen molar-refractivity contribution in [3.05, 3.63) is 5.82 Å². The average molecular weight is 255 g/mol. The lowest BCUT2D eigenvalue weighted by Crippen LogP contribution is -2.21. The van der Waals surface area contributed by atoms with Crippen LogP contribution < -0.4 is 5.32 Å². The number of tetrazole rings is 1. The summed E-state index contributed by atoms with van der Waals surface area (Å²) in [5, 5.41) is 15.4. The summed E-state index contributed by atoms with van der Waals surface area (Å²) in [6.07, 6.45) is 3.72. The molecule has 1 N–H and O–H groups in total. The highest BCUT2D eigenvalue weighted by Gasteiger charge is 2.21. The van der Waals surface area contributed by atoms with Crippen LogP contribution in [0.1, 0.15) is 45.0 Å². The van der Waals surface area contributed by atoms with Gasteiger partial charge in [0.15, 0.2) is 5.82 Å². The van der Waals surface area contributed by atoms with Crippen molar-refractivity contribution < 1.29 is 0 Å². The second kappa shape index (κ2) is 6.35. The van der Waals surface area contributed by atoms with Crippen molar-refractivity contribution in [3.63, 3.8) is 0 Å². The smallest absolute Gasteiger partial charge is 0.165 e. The van der Waals surface area contributed by atoms with Crippen LogP contribution in [0.15, 0.2) is 0 Å². The predicted molar refractivity (Wildman–Crippen MR) is 70.0 cm³/mol. The van der Waals surface area contributed by atoms with Gasteiger partial charge in [-0.05, 0) is 48.1 Å². The van der Waals surface area contributed by atoms with Gasteiger partial charge in [0.25, 0.3) is 0 Å². The topological polar surface area (TPSA) is 55.6 Å². The van der Waals surface area contributed by atoms with Crippen molar-refractivity contribution in [1.82, 2.24) is 25.5 Å². The molecule has 0 aliphatic heterocycles. The van der Waals surface area contributed by atoms with Crippen LogP contribution in [-0.4, -0.2) is 37.8 Å². The minimum atomic E-state index is 0.389. The maximum atomic E-state index is 4.10. The Morgan fingerprint density at radius 1 is 1.53 bits per heavy atom. The van der Waals surface area contributed by atoms with Crippen LogP contribution in [0, 0.1) is 0 Å². The molecule has 1 fully saturated rings. The first-order valence-corrected chi connectivity index (χ1v) is 7.54. The highest BCUT2D eigenvalue weighted by atomic mass is 32.2. The van der Waals surface area contributed by atoms with Crippen molar-refractivity contribution in [2.24, 2.45) is 0 Å². The first kappa shape index (κ1) is 12.8. The molecule has 1 aromatic rings. The van der Waals surface area contributed by atoms with Gasteiger partial charge in [-0.25, -0.2) is 4.68 Å².